The van der Waals surface area contributed by atoms with Crippen molar-refractivity contribution in [3.63, 3.8) is 0 Å². The summed E-state index contributed by atoms with van der Waals surface area (Å²) in [5, 5.41) is 15.5. The third-order valence-electron chi connectivity index (χ3n) is 6.24. The highest BCUT2D eigenvalue weighted by atomic mass is 16.5. The average Bonchev–Trinajstić information content (AvgIpc) is 3.41. The topological polar surface area (TPSA) is 163 Å². The third kappa shape index (κ3) is 9.68. The standard InChI is InChI=1S/C28H35N5O5/c29-27(30)20-10-12-21(13-11-20)32-24(34)14-15-25(35)33-23(18-26(36)38-22-8-4-5-9-22)28(37)31-17-16-19-6-2-1-3-7-19/h1-3,6-7,10-13,22-23H,4-5,8-9,14-18H2,(H3,29,30)(H,31,37)(H,32,34)(H,33,35)/t23-/m0/s1. The molecule has 3 amide bonds. The number of rotatable bonds is 13. The molecule has 38 heavy (non-hydrogen) atoms. The monoisotopic (exact) mass is 521 g/mol. The third-order valence-corrected chi connectivity index (χ3v) is 6.24. The van der Waals surface area contributed by atoms with Gasteiger partial charge in [0.1, 0.15) is 18.0 Å². The highest BCUT2D eigenvalue weighted by Gasteiger charge is 2.27. The molecule has 3 rings (SSSR count). The minimum Gasteiger partial charge on any atom is -0.462 e. The van der Waals surface area contributed by atoms with E-state index in [9.17, 15) is 19.2 Å². The maximum atomic E-state index is 12.9. The predicted molar refractivity (Wildman–Crippen MR) is 143 cm³/mol. The Kier molecular flexibility index (Phi) is 10.8. The molecule has 1 aliphatic carbocycles. The van der Waals surface area contributed by atoms with Gasteiger partial charge in [-0.1, -0.05) is 30.3 Å². The van der Waals surface area contributed by atoms with E-state index < -0.39 is 23.8 Å². The molecular weight excluding hydrogens is 486 g/mol. The number of hydrogen-bond acceptors (Lipinski definition) is 6. The highest BCUT2D eigenvalue weighted by Crippen LogP contribution is 2.21. The first kappa shape index (κ1) is 28.4. The summed E-state index contributed by atoms with van der Waals surface area (Å²) in [5.74, 6) is -2.01. The normalized spacial score (nSPS) is 13.8. The Morgan fingerprint density at radius 1 is 0.947 bits per heavy atom. The van der Waals surface area contributed by atoms with E-state index in [1.807, 2.05) is 30.3 Å². The van der Waals surface area contributed by atoms with Crippen molar-refractivity contribution in [1.29, 1.82) is 5.41 Å². The van der Waals surface area contributed by atoms with E-state index >= 15 is 0 Å². The second-order valence-corrected chi connectivity index (χ2v) is 9.29. The first-order valence-corrected chi connectivity index (χ1v) is 12.8. The van der Waals surface area contributed by atoms with Crippen molar-refractivity contribution in [3.8, 4) is 0 Å². The molecule has 1 atom stereocenters. The number of amides is 3. The molecule has 0 aromatic heterocycles. The SMILES string of the molecule is N=C(N)c1ccc(NC(=O)CCC(=O)N[C@@H](CC(=O)OC2CCCC2)C(=O)NCCc2ccccc2)cc1. The van der Waals surface area contributed by atoms with Crippen LogP contribution in [0.25, 0.3) is 0 Å². The van der Waals surface area contributed by atoms with Gasteiger partial charge >= 0.3 is 5.97 Å². The quantitative estimate of drug-likeness (QED) is 0.154. The van der Waals surface area contributed by atoms with Crippen LogP contribution in [0.1, 0.15) is 56.1 Å². The molecule has 10 heteroatoms. The molecule has 1 aliphatic rings. The molecule has 0 saturated heterocycles. The van der Waals surface area contributed by atoms with Gasteiger partial charge in [0.2, 0.25) is 17.7 Å². The lowest BCUT2D eigenvalue weighted by Crippen LogP contribution is -2.48. The van der Waals surface area contributed by atoms with Crippen molar-refractivity contribution >= 4 is 35.2 Å². The maximum absolute atomic E-state index is 12.9. The van der Waals surface area contributed by atoms with Crippen molar-refractivity contribution in [1.82, 2.24) is 10.6 Å². The molecule has 10 nitrogen and oxygen atoms in total. The lowest BCUT2D eigenvalue weighted by atomic mass is 10.1. The summed E-state index contributed by atoms with van der Waals surface area (Å²) < 4.78 is 5.48. The van der Waals surface area contributed by atoms with Gasteiger partial charge in [-0.25, -0.2) is 0 Å². The number of anilines is 1. The zero-order valence-corrected chi connectivity index (χ0v) is 21.3. The summed E-state index contributed by atoms with van der Waals surface area (Å²) in [6.07, 6.45) is 3.51. The maximum Gasteiger partial charge on any atom is 0.308 e. The van der Waals surface area contributed by atoms with Crippen LogP contribution in [-0.2, 0) is 30.3 Å². The van der Waals surface area contributed by atoms with E-state index in [4.69, 9.17) is 15.9 Å². The van der Waals surface area contributed by atoms with Crippen molar-refractivity contribution in [2.24, 2.45) is 5.73 Å². The van der Waals surface area contributed by atoms with Gasteiger partial charge in [-0.05, 0) is 61.9 Å². The van der Waals surface area contributed by atoms with Crippen LogP contribution in [0.2, 0.25) is 0 Å². The number of nitrogens with two attached hydrogens (primary N) is 1. The second-order valence-electron chi connectivity index (χ2n) is 9.29. The number of nitrogen functional groups attached to an aromatic ring is 1. The number of benzene rings is 2. The zero-order valence-electron chi connectivity index (χ0n) is 21.3. The Morgan fingerprint density at radius 3 is 2.26 bits per heavy atom. The fourth-order valence-electron chi connectivity index (χ4n) is 4.16. The summed E-state index contributed by atoms with van der Waals surface area (Å²) in [4.78, 5) is 50.2. The lowest BCUT2D eigenvalue weighted by Gasteiger charge is -2.19. The smallest absolute Gasteiger partial charge is 0.308 e. The molecule has 1 fully saturated rings. The van der Waals surface area contributed by atoms with E-state index in [2.05, 4.69) is 16.0 Å². The van der Waals surface area contributed by atoms with Crippen LogP contribution in [0.5, 0.6) is 0 Å². The summed E-state index contributed by atoms with van der Waals surface area (Å²) >= 11 is 0. The average molecular weight is 522 g/mol. The van der Waals surface area contributed by atoms with Gasteiger partial charge in [-0.15, -0.1) is 0 Å². The van der Waals surface area contributed by atoms with E-state index in [1.165, 1.54) is 0 Å². The van der Waals surface area contributed by atoms with Crippen LogP contribution < -0.4 is 21.7 Å². The van der Waals surface area contributed by atoms with Crippen LogP contribution in [-0.4, -0.2) is 48.2 Å². The molecule has 6 N–H and O–H groups in total. The molecular formula is C28H35N5O5. The van der Waals surface area contributed by atoms with Gasteiger partial charge in [0.05, 0.1) is 6.42 Å². The van der Waals surface area contributed by atoms with Gasteiger partial charge < -0.3 is 26.4 Å². The highest BCUT2D eigenvalue weighted by molar-refractivity contribution is 5.97. The van der Waals surface area contributed by atoms with Gasteiger partial charge in [0, 0.05) is 30.6 Å². The number of esters is 1. The fourth-order valence-corrected chi connectivity index (χ4v) is 4.16. The Morgan fingerprint density at radius 2 is 1.61 bits per heavy atom. The minimum absolute atomic E-state index is 0.0784. The van der Waals surface area contributed by atoms with Crippen LogP contribution in [0.15, 0.2) is 54.6 Å². The first-order valence-electron chi connectivity index (χ1n) is 12.8. The Labute approximate surface area is 222 Å². The number of nitrogens with one attached hydrogen (secondary N) is 4. The van der Waals surface area contributed by atoms with Crippen LogP contribution in [0, 0.1) is 5.41 Å². The van der Waals surface area contributed by atoms with Crippen LogP contribution in [0.3, 0.4) is 0 Å². The van der Waals surface area contributed by atoms with E-state index in [-0.39, 0.29) is 37.1 Å². The molecule has 0 heterocycles. The van der Waals surface area contributed by atoms with Gasteiger partial charge in [-0.3, -0.25) is 24.6 Å². The minimum atomic E-state index is -1.10. The van der Waals surface area contributed by atoms with Crippen LogP contribution >= 0.6 is 0 Å². The zero-order chi connectivity index (χ0) is 27.3. The Bertz CT molecular complexity index is 1110. The van der Waals surface area contributed by atoms with Gasteiger partial charge in [0.15, 0.2) is 0 Å². The molecule has 1 saturated carbocycles. The van der Waals surface area contributed by atoms with Crippen molar-refractivity contribution in [2.45, 2.75) is 63.5 Å². The molecule has 0 unspecified atom stereocenters. The molecule has 2 aromatic carbocycles. The number of ether oxygens (including phenoxy) is 1. The second kappa shape index (κ2) is 14.5. The number of carbonyl (C=O) groups is 4. The van der Waals surface area contributed by atoms with Crippen molar-refractivity contribution < 1.29 is 23.9 Å². The first-order chi connectivity index (χ1) is 18.3. The van der Waals surface area contributed by atoms with E-state index in [1.54, 1.807) is 24.3 Å². The van der Waals surface area contributed by atoms with E-state index in [0.717, 1.165) is 31.2 Å². The Hall–Kier alpha value is -4.21. The number of hydrogen-bond donors (Lipinski definition) is 5. The summed E-state index contributed by atoms with van der Waals surface area (Å²) in [6, 6.07) is 15.0. The van der Waals surface area contributed by atoms with Gasteiger partial charge in [-0.2, -0.15) is 0 Å². The van der Waals surface area contributed by atoms with E-state index in [0.29, 0.717) is 24.2 Å². The molecule has 2 aromatic rings. The van der Waals surface area contributed by atoms with Crippen molar-refractivity contribution in [3.05, 3.63) is 65.7 Å². The summed E-state index contributed by atoms with van der Waals surface area (Å²) in [5.41, 5.74) is 7.51. The summed E-state index contributed by atoms with van der Waals surface area (Å²) in [6.45, 7) is 0.345. The number of amidine groups is 1. The summed E-state index contributed by atoms with van der Waals surface area (Å²) in [7, 11) is 0. The largest absolute Gasteiger partial charge is 0.462 e. The van der Waals surface area contributed by atoms with Gasteiger partial charge in [0.25, 0.3) is 0 Å². The number of carbonyl (C=O) groups excluding carboxylic acids is 4. The lowest BCUT2D eigenvalue weighted by molar-refractivity contribution is -0.151. The molecule has 0 bridgehead atoms. The molecule has 0 aliphatic heterocycles. The molecule has 202 valence electrons. The fraction of sp³-hybridized carbons (Fsp3) is 0.393. The van der Waals surface area contributed by atoms with Crippen LogP contribution in [0.4, 0.5) is 5.69 Å². The Balaban J connectivity index is 1.50. The van der Waals surface area contributed by atoms with Crippen molar-refractivity contribution in [2.75, 3.05) is 11.9 Å². The predicted octanol–water partition coefficient (Wildman–Crippen LogP) is 2.41. The molecule has 0 radical (unpaired) electrons. The molecule has 0 spiro atoms.